The van der Waals surface area contributed by atoms with Gasteiger partial charge in [-0.25, -0.2) is 0 Å². The maximum atomic E-state index is 12.4. The first-order valence-electron chi connectivity index (χ1n) is 8.06. The van der Waals surface area contributed by atoms with E-state index >= 15 is 0 Å². The number of para-hydroxylation sites is 1. The second-order valence-corrected chi connectivity index (χ2v) is 6.89. The van der Waals surface area contributed by atoms with Gasteiger partial charge in [-0.1, -0.05) is 56.3 Å². The molecule has 0 bridgehead atoms. The Morgan fingerprint density at radius 3 is 2.26 bits per heavy atom. The average molecular weight is 310 g/mol. The molecule has 23 heavy (non-hydrogen) atoms. The smallest absolute Gasteiger partial charge is 0.230 e. The van der Waals surface area contributed by atoms with Gasteiger partial charge in [-0.05, 0) is 37.0 Å². The summed E-state index contributed by atoms with van der Waals surface area (Å²) in [5.74, 6) is 0.497. The van der Waals surface area contributed by atoms with Crippen LogP contribution < -0.4 is 11.1 Å². The maximum Gasteiger partial charge on any atom is 0.230 e. The lowest BCUT2D eigenvalue weighted by molar-refractivity contribution is -0.125. The van der Waals surface area contributed by atoms with Crippen LogP contribution in [0.15, 0.2) is 48.5 Å². The minimum absolute atomic E-state index is 0.0539. The van der Waals surface area contributed by atoms with Crippen molar-refractivity contribution in [3.05, 3.63) is 54.1 Å². The minimum atomic E-state index is -0.560. The Balaban J connectivity index is 2.21. The van der Waals surface area contributed by atoms with Gasteiger partial charge in [0.15, 0.2) is 0 Å². The molecule has 0 saturated carbocycles. The molecule has 3 N–H and O–H groups in total. The fraction of sp³-hybridized carbons (Fsp3) is 0.350. The molecule has 0 fully saturated rings. The Morgan fingerprint density at radius 2 is 1.70 bits per heavy atom. The zero-order valence-corrected chi connectivity index (χ0v) is 14.4. The Hall–Kier alpha value is -2.29. The number of nitrogen functional groups attached to an aromatic ring is 1. The zero-order chi connectivity index (χ0) is 17.0. The summed E-state index contributed by atoms with van der Waals surface area (Å²) in [5, 5.41) is 3.02. The molecule has 0 atom stereocenters. The summed E-state index contributed by atoms with van der Waals surface area (Å²) in [7, 11) is 0. The van der Waals surface area contributed by atoms with Crippen molar-refractivity contribution >= 4 is 11.6 Å². The minimum Gasteiger partial charge on any atom is -0.398 e. The van der Waals surface area contributed by atoms with Gasteiger partial charge in [-0.3, -0.25) is 4.79 Å². The van der Waals surface area contributed by atoms with E-state index in [4.69, 9.17) is 5.73 Å². The van der Waals surface area contributed by atoms with Crippen molar-refractivity contribution in [1.29, 1.82) is 0 Å². The van der Waals surface area contributed by atoms with Crippen molar-refractivity contribution in [3.63, 3.8) is 0 Å². The van der Waals surface area contributed by atoms with E-state index in [2.05, 4.69) is 19.2 Å². The number of benzene rings is 2. The predicted molar refractivity (Wildman–Crippen MR) is 97.2 cm³/mol. The molecule has 0 heterocycles. The van der Waals surface area contributed by atoms with E-state index in [0.29, 0.717) is 12.5 Å². The van der Waals surface area contributed by atoms with Gasteiger partial charge in [0.25, 0.3) is 0 Å². The first-order valence-corrected chi connectivity index (χ1v) is 8.06. The number of hydrogen-bond acceptors (Lipinski definition) is 2. The van der Waals surface area contributed by atoms with Crippen LogP contribution in [0.25, 0.3) is 11.1 Å². The Bertz CT molecular complexity index is 672. The molecule has 2 aromatic carbocycles. The van der Waals surface area contributed by atoms with Gasteiger partial charge in [0.05, 0.1) is 5.41 Å². The van der Waals surface area contributed by atoms with Crippen LogP contribution in [0.5, 0.6) is 0 Å². The van der Waals surface area contributed by atoms with Crippen molar-refractivity contribution < 1.29 is 4.79 Å². The van der Waals surface area contributed by atoms with Gasteiger partial charge in [0.2, 0.25) is 5.91 Å². The van der Waals surface area contributed by atoms with Crippen molar-refractivity contribution in [2.24, 2.45) is 5.92 Å². The number of amides is 1. The number of carbonyl (C=O) groups excluding carboxylic acids is 1. The molecule has 3 nitrogen and oxygen atoms in total. The molecule has 0 radical (unpaired) electrons. The van der Waals surface area contributed by atoms with Gasteiger partial charge in [-0.2, -0.15) is 0 Å². The van der Waals surface area contributed by atoms with E-state index in [0.717, 1.165) is 22.4 Å². The number of anilines is 1. The number of nitrogens with one attached hydrogen (secondary N) is 1. The fourth-order valence-corrected chi connectivity index (χ4v) is 2.48. The highest BCUT2D eigenvalue weighted by Gasteiger charge is 2.29. The Labute approximate surface area is 138 Å². The molecule has 2 aromatic rings. The van der Waals surface area contributed by atoms with Crippen LogP contribution >= 0.6 is 0 Å². The summed E-state index contributed by atoms with van der Waals surface area (Å²) >= 11 is 0. The van der Waals surface area contributed by atoms with Crippen molar-refractivity contribution in [2.45, 2.75) is 33.1 Å². The van der Waals surface area contributed by atoms with E-state index in [-0.39, 0.29) is 5.91 Å². The monoisotopic (exact) mass is 310 g/mol. The molecular formula is C20H26N2O. The summed E-state index contributed by atoms with van der Waals surface area (Å²) in [5.41, 5.74) is 9.30. The van der Waals surface area contributed by atoms with E-state index in [1.807, 2.05) is 62.4 Å². The molecular weight excluding hydrogens is 284 g/mol. The van der Waals surface area contributed by atoms with Gasteiger partial charge >= 0.3 is 0 Å². The van der Waals surface area contributed by atoms with E-state index in [1.54, 1.807) is 0 Å². The normalized spacial score (nSPS) is 11.5. The molecule has 0 saturated heterocycles. The number of rotatable bonds is 5. The highest BCUT2D eigenvalue weighted by molar-refractivity contribution is 5.87. The van der Waals surface area contributed by atoms with Gasteiger partial charge in [-0.15, -0.1) is 0 Å². The lowest BCUT2D eigenvalue weighted by Gasteiger charge is -2.25. The lowest BCUT2D eigenvalue weighted by Crippen LogP contribution is -2.41. The summed E-state index contributed by atoms with van der Waals surface area (Å²) in [4.78, 5) is 12.4. The van der Waals surface area contributed by atoms with E-state index in [9.17, 15) is 4.79 Å². The number of carbonyl (C=O) groups is 1. The third-order valence-corrected chi connectivity index (χ3v) is 4.12. The molecule has 0 aliphatic heterocycles. The molecule has 1 amide bonds. The van der Waals surface area contributed by atoms with Gasteiger partial charge < -0.3 is 11.1 Å². The second kappa shape index (κ2) is 6.86. The van der Waals surface area contributed by atoms with Crippen molar-refractivity contribution in [3.8, 4) is 11.1 Å². The summed E-state index contributed by atoms with van der Waals surface area (Å²) in [6.07, 6.45) is 0. The van der Waals surface area contributed by atoms with Crippen LogP contribution in [0, 0.1) is 5.92 Å². The molecule has 0 aliphatic rings. The molecule has 0 aliphatic carbocycles. The van der Waals surface area contributed by atoms with Gasteiger partial charge in [0.1, 0.15) is 0 Å². The van der Waals surface area contributed by atoms with Crippen LogP contribution in [0.3, 0.4) is 0 Å². The number of nitrogens with two attached hydrogens (primary N) is 1. The second-order valence-electron chi connectivity index (χ2n) is 6.89. The summed E-state index contributed by atoms with van der Waals surface area (Å²) in [6, 6.07) is 15.9. The molecule has 0 aromatic heterocycles. The van der Waals surface area contributed by atoms with Crippen LogP contribution in [-0.4, -0.2) is 12.5 Å². The summed E-state index contributed by atoms with van der Waals surface area (Å²) < 4.78 is 0. The fourth-order valence-electron chi connectivity index (χ4n) is 2.48. The quantitative estimate of drug-likeness (QED) is 0.821. The SMILES string of the molecule is CC(C)CNC(=O)C(C)(C)c1ccc(-c2ccccc2N)cc1. The highest BCUT2D eigenvalue weighted by atomic mass is 16.2. The average Bonchev–Trinajstić information content (AvgIpc) is 2.53. The van der Waals surface area contributed by atoms with Crippen molar-refractivity contribution in [1.82, 2.24) is 5.32 Å². The molecule has 0 spiro atoms. The molecule has 122 valence electrons. The largest absolute Gasteiger partial charge is 0.398 e. The maximum absolute atomic E-state index is 12.4. The van der Waals surface area contributed by atoms with Crippen LogP contribution in [0.1, 0.15) is 33.3 Å². The topological polar surface area (TPSA) is 55.1 Å². The molecule has 0 unspecified atom stereocenters. The van der Waals surface area contributed by atoms with E-state index in [1.165, 1.54) is 0 Å². The standard InChI is InChI=1S/C20H26N2O/c1-14(2)13-22-19(23)20(3,4)16-11-9-15(10-12-16)17-7-5-6-8-18(17)21/h5-12,14H,13,21H2,1-4H3,(H,22,23). The predicted octanol–water partition coefficient (Wildman–Crippen LogP) is 3.99. The van der Waals surface area contributed by atoms with Crippen LogP contribution in [0.2, 0.25) is 0 Å². The van der Waals surface area contributed by atoms with E-state index < -0.39 is 5.41 Å². The Kier molecular flexibility index (Phi) is 5.09. The van der Waals surface area contributed by atoms with Crippen LogP contribution in [-0.2, 0) is 10.2 Å². The third-order valence-electron chi connectivity index (χ3n) is 4.12. The third kappa shape index (κ3) is 3.92. The van der Waals surface area contributed by atoms with Gasteiger partial charge in [0, 0.05) is 17.8 Å². The zero-order valence-electron chi connectivity index (χ0n) is 14.4. The van der Waals surface area contributed by atoms with Crippen LogP contribution in [0.4, 0.5) is 5.69 Å². The molecule has 3 heteroatoms. The Morgan fingerprint density at radius 1 is 1.09 bits per heavy atom. The number of hydrogen-bond donors (Lipinski definition) is 2. The van der Waals surface area contributed by atoms with Crippen molar-refractivity contribution in [2.75, 3.05) is 12.3 Å². The first kappa shape index (κ1) is 17.1. The first-order chi connectivity index (χ1) is 10.8. The molecule has 2 rings (SSSR count). The summed E-state index contributed by atoms with van der Waals surface area (Å²) in [6.45, 7) is 8.78. The highest BCUT2D eigenvalue weighted by Crippen LogP contribution is 2.29. The lowest BCUT2D eigenvalue weighted by atomic mass is 9.83.